The van der Waals surface area contributed by atoms with Crippen molar-refractivity contribution >= 4 is 44.2 Å². The third kappa shape index (κ3) is 3.55. The highest BCUT2D eigenvalue weighted by atomic mass is 35.5. The molecule has 29 heavy (non-hydrogen) atoms. The van der Waals surface area contributed by atoms with Crippen molar-refractivity contribution in [2.45, 2.75) is 4.90 Å². The van der Waals surface area contributed by atoms with Gasteiger partial charge in [-0.3, -0.25) is 0 Å². The third-order valence-corrected chi connectivity index (χ3v) is 6.15. The lowest BCUT2D eigenvalue weighted by Gasteiger charge is -2.07. The Kier molecular flexibility index (Phi) is 4.73. The molecular formula is C20H14ClN3O4S. The van der Waals surface area contributed by atoms with Crippen molar-refractivity contribution in [3.8, 4) is 5.88 Å². The van der Waals surface area contributed by atoms with Gasteiger partial charge in [0.2, 0.25) is 5.88 Å². The number of aromatic nitrogens is 2. The molecule has 0 aliphatic rings. The number of carbonyl (C=O) groups excluding carboxylic acids is 1. The van der Waals surface area contributed by atoms with Gasteiger partial charge in [0, 0.05) is 6.07 Å². The molecule has 7 nitrogen and oxygen atoms in total. The number of hydrogen-bond donors (Lipinski definition) is 1. The summed E-state index contributed by atoms with van der Waals surface area (Å²) in [6.07, 6.45) is 0. The molecule has 0 fully saturated rings. The minimum absolute atomic E-state index is 0.00924. The van der Waals surface area contributed by atoms with E-state index in [1.54, 1.807) is 24.3 Å². The van der Waals surface area contributed by atoms with Crippen molar-refractivity contribution in [3.05, 3.63) is 83.4 Å². The predicted molar refractivity (Wildman–Crippen MR) is 110 cm³/mol. The van der Waals surface area contributed by atoms with E-state index in [-0.39, 0.29) is 27.2 Å². The van der Waals surface area contributed by atoms with Crippen LogP contribution in [-0.2, 0) is 10.0 Å². The number of rotatable bonds is 4. The van der Waals surface area contributed by atoms with Crippen LogP contribution in [0.2, 0.25) is 5.02 Å². The lowest BCUT2D eigenvalue weighted by atomic mass is 10.1. The van der Waals surface area contributed by atoms with Gasteiger partial charge in [-0.15, -0.1) is 9.19 Å². The van der Waals surface area contributed by atoms with Crippen LogP contribution in [0.1, 0.15) is 10.4 Å². The third-order valence-electron chi connectivity index (χ3n) is 4.22. The van der Waals surface area contributed by atoms with Gasteiger partial charge in [0.05, 0.1) is 15.5 Å². The Labute approximate surface area is 171 Å². The maximum Gasteiger partial charge on any atom is 0.346 e. The highest BCUT2D eigenvalue weighted by Crippen LogP contribution is 2.25. The van der Waals surface area contributed by atoms with Gasteiger partial charge in [0.1, 0.15) is 5.82 Å². The molecule has 0 saturated carbocycles. The standard InChI is InChI=1S/C20H14ClN3O4S/c21-17-8-4-3-7-16(17)20(25)28-19-12-18(22)24(23-19)29(26,27)15-10-9-13-5-1-2-6-14(13)11-15/h1-12H,22H2. The molecule has 0 radical (unpaired) electrons. The lowest BCUT2D eigenvalue weighted by Crippen LogP contribution is -2.17. The molecule has 2 N–H and O–H groups in total. The molecule has 4 aromatic rings. The van der Waals surface area contributed by atoms with E-state index in [1.165, 1.54) is 24.3 Å². The zero-order valence-corrected chi connectivity index (χ0v) is 16.4. The van der Waals surface area contributed by atoms with Crippen LogP contribution < -0.4 is 10.5 Å². The van der Waals surface area contributed by atoms with Crippen molar-refractivity contribution in [1.82, 2.24) is 9.19 Å². The predicted octanol–water partition coefficient (Wildman–Crippen LogP) is 3.73. The van der Waals surface area contributed by atoms with Crippen molar-refractivity contribution in [2.24, 2.45) is 0 Å². The maximum absolute atomic E-state index is 13.0. The van der Waals surface area contributed by atoms with Crippen LogP contribution in [0.25, 0.3) is 10.8 Å². The van der Waals surface area contributed by atoms with Gasteiger partial charge < -0.3 is 10.5 Å². The summed E-state index contributed by atoms with van der Waals surface area (Å²) >= 11 is 5.98. The second-order valence-corrected chi connectivity index (χ2v) is 8.31. The first kappa shape index (κ1) is 19.0. The first-order valence-corrected chi connectivity index (χ1v) is 10.2. The summed E-state index contributed by atoms with van der Waals surface area (Å²) < 4.78 is 31.7. The first-order chi connectivity index (χ1) is 13.9. The van der Waals surface area contributed by atoms with Crippen molar-refractivity contribution in [3.63, 3.8) is 0 Å². The van der Waals surface area contributed by atoms with Gasteiger partial charge >= 0.3 is 5.97 Å². The number of esters is 1. The van der Waals surface area contributed by atoms with Crippen molar-refractivity contribution < 1.29 is 17.9 Å². The number of nitrogens with zero attached hydrogens (tertiary/aromatic N) is 2. The van der Waals surface area contributed by atoms with Gasteiger partial charge in [-0.25, -0.2) is 4.79 Å². The molecule has 0 unspecified atom stereocenters. The normalized spacial score (nSPS) is 11.5. The average Bonchev–Trinajstić information content (AvgIpc) is 3.08. The van der Waals surface area contributed by atoms with E-state index in [0.29, 0.717) is 4.09 Å². The van der Waals surface area contributed by atoms with Gasteiger partial charge in [-0.1, -0.05) is 54.1 Å². The molecule has 9 heteroatoms. The van der Waals surface area contributed by atoms with Crippen LogP contribution in [0.5, 0.6) is 5.88 Å². The number of nitrogen functional groups attached to an aromatic ring is 1. The quantitative estimate of drug-likeness (QED) is 0.497. The van der Waals surface area contributed by atoms with Crippen LogP contribution in [0.15, 0.2) is 77.7 Å². The topological polar surface area (TPSA) is 104 Å². The Hall–Kier alpha value is -3.36. The fraction of sp³-hybridized carbons (Fsp3) is 0. The monoisotopic (exact) mass is 427 g/mol. The zero-order chi connectivity index (χ0) is 20.6. The SMILES string of the molecule is Nc1cc(OC(=O)c2ccccc2Cl)nn1S(=O)(=O)c1ccc2ccccc2c1. The second-order valence-electron chi connectivity index (χ2n) is 6.13. The zero-order valence-electron chi connectivity index (χ0n) is 14.8. The van der Waals surface area contributed by atoms with Crippen molar-refractivity contribution in [1.29, 1.82) is 0 Å². The van der Waals surface area contributed by atoms with E-state index in [2.05, 4.69) is 5.10 Å². The number of ether oxygens (including phenoxy) is 1. The summed E-state index contributed by atoms with van der Waals surface area (Å²) in [5.74, 6) is -1.22. The summed E-state index contributed by atoms with van der Waals surface area (Å²) in [7, 11) is -4.09. The van der Waals surface area contributed by atoms with Gasteiger partial charge in [-0.2, -0.15) is 8.42 Å². The Balaban J connectivity index is 1.67. The smallest absolute Gasteiger partial charge is 0.346 e. The Bertz CT molecular complexity index is 1350. The summed E-state index contributed by atoms with van der Waals surface area (Å²) in [4.78, 5) is 12.3. The number of benzene rings is 3. The summed E-state index contributed by atoms with van der Waals surface area (Å²) in [5.41, 5.74) is 5.95. The molecule has 0 aliphatic carbocycles. The first-order valence-electron chi connectivity index (χ1n) is 8.43. The molecular weight excluding hydrogens is 414 g/mol. The molecule has 1 heterocycles. The van der Waals surface area contributed by atoms with E-state index < -0.39 is 16.0 Å². The average molecular weight is 428 g/mol. The largest absolute Gasteiger partial charge is 0.402 e. The van der Waals surface area contributed by atoms with Gasteiger partial charge in [-0.05, 0) is 35.0 Å². The molecule has 0 bridgehead atoms. The Morgan fingerprint density at radius 2 is 1.66 bits per heavy atom. The van der Waals surface area contributed by atoms with E-state index in [9.17, 15) is 13.2 Å². The molecule has 3 aromatic carbocycles. The number of anilines is 1. The number of carbonyl (C=O) groups is 1. The second kappa shape index (κ2) is 7.23. The Morgan fingerprint density at radius 3 is 2.41 bits per heavy atom. The Morgan fingerprint density at radius 1 is 0.966 bits per heavy atom. The van der Waals surface area contributed by atoms with Crippen LogP contribution in [-0.4, -0.2) is 23.6 Å². The van der Waals surface area contributed by atoms with Crippen LogP contribution >= 0.6 is 11.6 Å². The van der Waals surface area contributed by atoms with E-state index >= 15 is 0 Å². The number of halogens is 1. The maximum atomic E-state index is 13.0. The lowest BCUT2D eigenvalue weighted by molar-refractivity contribution is 0.0727. The van der Waals surface area contributed by atoms with E-state index in [0.717, 1.165) is 16.8 Å². The highest BCUT2D eigenvalue weighted by Gasteiger charge is 2.24. The summed E-state index contributed by atoms with van der Waals surface area (Å²) in [5, 5.41) is 5.70. The van der Waals surface area contributed by atoms with E-state index in [4.69, 9.17) is 22.1 Å². The van der Waals surface area contributed by atoms with Crippen LogP contribution in [0.3, 0.4) is 0 Å². The molecule has 0 amide bonds. The molecule has 0 spiro atoms. The fourth-order valence-corrected chi connectivity index (χ4v) is 4.25. The number of fused-ring (bicyclic) bond motifs is 1. The molecule has 0 aliphatic heterocycles. The fourth-order valence-electron chi connectivity index (χ4n) is 2.80. The molecule has 0 atom stereocenters. The minimum atomic E-state index is -4.09. The van der Waals surface area contributed by atoms with E-state index in [1.807, 2.05) is 18.2 Å². The minimum Gasteiger partial charge on any atom is -0.402 e. The van der Waals surface area contributed by atoms with Crippen molar-refractivity contribution in [2.75, 3.05) is 5.73 Å². The highest BCUT2D eigenvalue weighted by molar-refractivity contribution is 7.90. The molecule has 4 rings (SSSR count). The van der Waals surface area contributed by atoms with Gasteiger partial charge in [0.25, 0.3) is 10.0 Å². The van der Waals surface area contributed by atoms with Crippen LogP contribution in [0, 0.1) is 0 Å². The molecule has 146 valence electrons. The number of nitrogens with two attached hydrogens (primary N) is 1. The molecule has 0 saturated heterocycles. The summed E-state index contributed by atoms with van der Waals surface area (Å²) in [6, 6.07) is 19.5. The van der Waals surface area contributed by atoms with Crippen LogP contribution in [0.4, 0.5) is 5.82 Å². The summed E-state index contributed by atoms with van der Waals surface area (Å²) in [6.45, 7) is 0. The molecule has 1 aromatic heterocycles. The van der Waals surface area contributed by atoms with Gasteiger partial charge in [0.15, 0.2) is 0 Å². The number of hydrogen-bond acceptors (Lipinski definition) is 6.